The number of hydrazine groups is 1. The molecule has 1 heterocycles. The van der Waals surface area contributed by atoms with Gasteiger partial charge in [0.05, 0.1) is 5.56 Å². The summed E-state index contributed by atoms with van der Waals surface area (Å²) in [6.45, 7) is 11.6. The van der Waals surface area contributed by atoms with Crippen LogP contribution in [0, 0.1) is 0 Å². The van der Waals surface area contributed by atoms with Crippen molar-refractivity contribution in [3.05, 3.63) is 69.6 Å². The zero-order valence-electron chi connectivity index (χ0n) is 23.1. The summed E-state index contributed by atoms with van der Waals surface area (Å²) in [6.07, 6.45) is -0.730. The highest BCUT2D eigenvalue weighted by Gasteiger charge is 2.37. The molecule has 206 valence electrons. The van der Waals surface area contributed by atoms with Gasteiger partial charge in [-0.25, -0.2) is 9.59 Å². The summed E-state index contributed by atoms with van der Waals surface area (Å²) < 4.78 is 11.6. The van der Waals surface area contributed by atoms with Gasteiger partial charge in [-0.15, -0.1) is 0 Å². The second kappa shape index (κ2) is 11.5. The van der Waals surface area contributed by atoms with Crippen molar-refractivity contribution < 1.29 is 28.7 Å². The maximum Gasteiger partial charge on any atom is 0.408 e. The molecule has 0 saturated heterocycles. The third-order valence-corrected chi connectivity index (χ3v) is 5.10. The van der Waals surface area contributed by atoms with Crippen LogP contribution in [0.5, 0.6) is 0 Å². The number of carbonyl (C=O) groups is 4. The number of amides is 3. The van der Waals surface area contributed by atoms with E-state index in [0.29, 0.717) is 0 Å². The van der Waals surface area contributed by atoms with Crippen molar-refractivity contribution >= 4 is 23.9 Å². The smallest absolute Gasteiger partial charge is 0.408 e. The van der Waals surface area contributed by atoms with Crippen molar-refractivity contribution in [3.63, 3.8) is 0 Å². The molecule has 38 heavy (non-hydrogen) atoms. The number of benzene rings is 1. The Labute approximate surface area is 221 Å². The van der Waals surface area contributed by atoms with Crippen LogP contribution in [0.15, 0.2) is 47.3 Å². The Morgan fingerprint density at radius 1 is 0.842 bits per heavy atom. The molecule has 0 spiro atoms. The summed E-state index contributed by atoms with van der Waals surface area (Å²) in [5, 5.41) is 2.59. The standard InChI is InChI=1S/C27H36N4O7/c1-25(2,3)37-22(34)18-14-19(31(8)20(32)15-18)21(33)29-30-23(35)27(7,16-17-12-10-9-11-13-17)28-24(36)38-26(4,5)6/h9-15H,16H2,1-8H3,(H,28,36)(H,29,33)(H,30,35)/t27-/m1/s1. The summed E-state index contributed by atoms with van der Waals surface area (Å²) in [5.74, 6) is -2.37. The molecule has 3 N–H and O–H groups in total. The molecule has 0 aliphatic heterocycles. The molecule has 0 aliphatic carbocycles. The normalized spacial score (nSPS) is 13.1. The maximum atomic E-state index is 13.3. The molecule has 0 fully saturated rings. The van der Waals surface area contributed by atoms with E-state index >= 15 is 0 Å². The number of carbonyl (C=O) groups excluding carboxylic acids is 4. The lowest BCUT2D eigenvalue weighted by molar-refractivity contribution is -0.127. The molecule has 11 nitrogen and oxygen atoms in total. The minimum absolute atomic E-state index is 0.0847. The maximum absolute atomic E-state index is 13.3. The van der Waals surface area contributed by atoms with Gasteiger partial charge >= 0.3 is 12.1 Å². The third-order valence-electron chi connectivity index (χ3n) is 5.10. The van der Waals surface area contributed by atoms with Crippen LogP contribution in [-0.2, 0) is 27.7 Å². The fourth-order valence-corrected chi connectivity index (χ4v) is 3.34. The Morgan fingerprint density at radius 3 is 1.97 bits per heavy atom. The van der Waals surface area contributed by atoms with Crippen molar-refractivity contribution in [1.82, 2.24) is 20.7 Å². The Morgan fingerprint density at radius 2 is 1.42 bits per heavy atom. The number of nitrogens with zero attached hydrogens (tertiary/aromatic N) is 1. The van der Waals surface area contributed by atoms with Crippen LogP contribution in [0.1, 0.15) is 74.9 Å². The van der Waals surface area contributed by atoms with Crippen molar-refractivity contribution in [3.8, 4) is 0 Å². The van der Waals surface area contributed by atoms with Crippen molar-refractivity contribution in [1.29, 1.82) is 0 Å². The summed E-state index contributed by atoms with van der Waals surface area (Å²) >= 11 is 0. The van der Waals surface area contributed by atoms with Crippen molar-refractivity contribution in [2.45, 2.75) is 71.6 Å². The number of nitrogens with one attached hydrogen (secondary N) is 3. The Kier molecular flexibility index (Phi) is 9.10. The zero-order valence-corrected chi connectivity index (χ0v) is 23.1. The van der Waals surface area contributed by atoms with Crippen LogP contribution in [0.3, 0.4) is 0 Å². The molecule has 0 radical (unpaired) electrons. The van der Waals surface area contributed by atoms with Gasteiger partial charge in [-0.05, 0) is 60.1 Å². The predicted octanol–water partition coefficient (Wildman–Crippen LogP) is 2.63. The molecular weight excluding hydrogens is 492 g/mol. The fraction of sp³-hybridized carbons (Fsp3) is 0.444. The van der Waals surface area contributed by atoms with Gasteiger partial charge in [-0.1, -0.05) is 30.3 Å². The third kappa shape index (κ3) is 8.75. The summed E-state index contributed by atoms with van der Waals surface area (Å²) in [4.78, 5) is 63.6. The Balaban J connectivity index is 2.26. The van der Waals surface area contributed by atoms with E-state index in [4.69, 9.17) is 9.47 Å². The minimum atomic E-state index is -1.53. The molecule has 11 heteroatoms. The lowest BCUT2D eigenvalue weighted by atomic mass is 9.92. The second-order valence-corrected chi connectivity index (χ2v) is 11.1. The van der Waals surface area contributed by atoms with Crippen LogP contribution in [-0.4, -0.2) is 45.2 Å². The number of pyridine rings is 1. The van der Waals surface area contributed by atoms with Crippen LogP contribution in [0.2, 0.25) is 0 Å². The number of rotatable bonds is 6. The van der Waals surface area contributed by atoms with Gasteiger partial charge in [0.25, 0.3) is 17.4 Å². The molecule has 3 amide bonds. The van der Waals surface area contributed by atoms with Gasteiger partial charge in [0.15, 0.2) is 0 Å². The van der Waals surface area contributed by atoms with E-state index in [1.165, 1.54) is 20.0 Å². The van der Waals surface area contributed by atoms with Crippen molar-refractivity contribution in [2.24, 2.45) is 7.05 Å². The number of hydrogen-bond acceptors (Lipinski definition) is 7. The molecule has 2 rings (SSSR count). The molecule has 0 aliphatic rings. The van der Waals surface area contributed by atoms with Gasteiger partial charge in [0.1, 0.15) is 22.4 Å². The van der Waals surface area contributed by atoms with Crippen LogP contribution in [0.25, 0.3) is 0 Å². The monoisotopic (exact) mass is 528 g/mol. The van der Waals surface area contributed by atoms with E-state index in [1.807, 2.05) is 6.07 Å². The van der Waals surface area contributed by atoms with Crippen LogP contribution < -0.4 is 21.7 Å². The molecule has 1 aromatic carbocycles. The fourth-order valence-electron chi connectivity index (χ4n) is 3.34. The Bertz CT molecular complexity index is 1260. The highest BCUT2D eigenvalue weighted by Crippen LogP contribution is 2.16. The summed E-state index contributed by atoms with van der Waals surface area (Å²) in [5.41, 5.74) is 1.25. The zero-order chi connectivity index (χ0) is 28.9. The largest absolute Gasteiger partial charge is 0.456 e. The lowest BCUT2D eigenvalue weighted by Crippen LogP contribution is -2.61. The molecule has 1 atom stereocenters. The first kappa shape index (κ1) is 30.1. The predicted molar refractivity (Wildman–Crippen MR) is 140 cm³/mol. The van der Waals surface area contributed by atoms with Gasteiger partial charge < -0.3 is 19.4 Å². The van der Waals surface area contributed by atoms with E-state index in [-0.39, 0.29) is 17.7 Å². The Hall–Kier alpha value is -4.15. The highest BCUT2D eigenvalue weighted by molar-refractivity contribution is 5.98. The van der Waals surface area contributed by atoms with Gasteiger partial charge in [0.2, 0.25) is 0 Å². The average molecular weight is 529 g/mol. The van der Waals surface area contributed by atoms with Gasteiger partial charge in [-0.3, -0.25) is 25.2 Å². The molecule has 0 bridgehead atoms. The number of alkyl carbamates (subject to hydrolysis) is 1. The SMILES string of the molecule is Cn1c(C(=O)NNC(=O)[C@@](C)(Cc2ccccc2)NC(=O)OC(C)(C)C)cc(C(=O)OC(C)(C)C)cc1=O. The van der Waals surface area contributed by atoms with Crippen molar-refractivity contribution in [2.75, 3.05) is 0 Å². The minimum Gasteiger partial charge on any atom is -0.456 e. The number of esters is 1. The lowest BCUT2D eigenvalue weighted by Gasteiger charge is -2.31. The van der Waals surface area contributed by atoms with Gasteiger partial charge in [-0.2, -0.15) is 0 Å². The first-order valence-corrected chi connectivity index (χ1v) is 12.0. The van der Waals surface area contributed by atoms with E-state index < -0.39 is 46.2 Å². The van der Waals surface area contributed by atoms with E-state index in [1.54, 1.807) is 65.8 Å². The van der Waals surface area contributed by atoms with E-state index in [9.17, 15) is 24.0 Å². The quantitative estimate of drug-likeness (QED) is 0.386. The summed E-state index contributed by atoms with van der Waals surface area (Å²) in [7, 11) is 1.35. The van der Waals surface area contributed by atoms with E-state index in [2.05, 4.69) is 16.2 Å². The highest BCUT2D eigenvalue weighted by atomic mass is 16.6. The number of aromatic nitrogens is 1. The number of hydrogen-bond donors (Lipinski definition) is 3. The molecule has 0 unspecified atom stereocenters. The van der Waals surface area contributed by atoms with Gasteiger partial charge in [0, 0.05) is 19.5 Å². The summed E-state index contributed by atoms with van der Waals surface area (Å²) in [6, 6.07) is 11.2. The first-order valence-electron chi connectivity index (χ1n) is 12.0. The van der Waals surface area contributed by atoms with Crippen LogP contribution in [0.4, 0.5) is 4.79 Å². The van der Waals surface area contributed by atoms with Crippen LogP contribution >= 0.6 is 0 Å². The average Bonchev–Trinajstić information content (AvgIpc) is 2.76. The molecular formula is C27H36N4O7. The first-order chi connectivity index (χ1) is 17.4. The topological polar surface area (TPSA) is 145 Å². The molecule has 0 saturated carbocycles. The molecule has 1 aromatic heterocycles. The second-order valence-electron chi connectivity index (χ2n) is 11.1. The molecule has 2 aromatic rings. The van der Waals surface area contributed by atoms with E-state index in [0.717, 1.165) is 16.2 Å². The number of ether oxygens (including phenoxy) is 2.